The third-order valence-corrected chi connectivity index (χ3v) is 3.84. The van der Waals surface area contributed by atoms with Gasteiger partial charge in [-0.25, -0.2) is 8.78 Å². The van der Waals surface area contributed by atoms with Gasteiger partial charge in [-0.05, 0) is 38.1 Å². The van der Waals surface area contributed by atoms with Gasteiger partial charge in [-0.3, -0.25) is 0 Å². The van der Waals surface area contributed by atoms with Crippen LogP contribution >= 0.6 is 11.3 Å². The summed E-state index contributed by atoms with van der Waals surface area (Å²) in [6.07, 6.45) is 2.87. The SMILES string of the molecule is CCCNCCCc1nnc(-c2cccc(F)c2F)s1. The van der Waals surface area contributed by atoms with Crippen LogP contribution in [0, 0.1) is 11.6 Å². The van der Waals surface area contributed by atoms with Gasteiger partial charge in [-0.15, -0.1) is 10.2 Å². The number of aryl methyl sites for hydroxylation is 1. The summed E-state index contributed by atoms with van der Waals surface area (Å²) in [6.45, 7) is 4.06. The van der Waals surface area contributed by atoms with E-state index in [9.17, 15) is 8.78 Å². The van der Waals surface area contributed by atoms with Crippen LogP contribution in [0.15, 0.2) is 18.2 Å². The third-order valence-electron chi connectivity index (χ3n) is 2.82. The smallest absolute Gasteiger partial charge is 0.169 e. The van der Waals surface area contributed by atoms with Gasteiger partial charge < -0.3 is 5.32 Å². The molecule has 3 nitrogen and oxygen atoms in total. The van der Waals surface area contributed by atoms with Crippen LogP contribution in [0.25, 0.3) is 10.6 Å². The van der Waals surface area contributed by atoms with Crippen molar-refractivity contribution in [3.8, 4) is 10.6 Å². The molecule has 108 valence electrons. The zero-order valence-electron chi connectivity index (χ0n) is 11.3. The van der Waals surface area contributed by atoms with Crippen LogP contribution in [0.1, 0.15) is 24.8 Å². The number of halogens is 2. The lowest BCUT2D eigenvalue weighted by atomic mass is 10.2. The van der Waals surface area contributed by atoms with E-state index in [1.807, 2.05) is 0 Å². The molecule has 0 aliphatic rings. The highest BCUT2D eigenvalue weighted by Crippen LogP contribution is 2.27. The molecular weight excluding hydrogens is 280 g/mol. The Labute approximate surface area is 121 Å². The summed E-state index contributed by atoms with van der Waals surface area (Å²) in [7, 11) is 0. The summed E-state index contributed by atoms with van der Waals surface area (Å²) in [4.78, 5) is 0. The molecule has 20 heavy (non-hydrogen) atoms. The van der Waals surface area contributed by atoms with Crippen molar-refractivity contribution in [1.82, 2.24) is 15.5 Å². The molecular formula is C14H17F2N3S. The molecule has 1 heterocycles. The van der Waals surface area contributed by atoms with Crippen LogP contribution in [-0.4, -0.2) is 23.3 Å². The highest BCUT2D eigenvalue weighted by molar-refractivity contribution is 7.14. The molecule has 1 aromatic heterocycles. The van der Waals surface area contributed by atoms with Crippen LogP contribution in [0.3, 0.4) is 0 Å². The van der Waals surface area contributed by atoms with Crippen LogP contribution in [0.2, 0.25) is 0 Å². The van der Waals surface area contributed by atoms with E-state index in [4.69, 9.17) is 0 Å². The standard InChI is InChI=1S/C14H17F2N3S/c1-2-8-17-9-4-7-12-18-19-14(20-12)10-5-3-6-11(15)13(10)16/h3,5-6,17H,2,4,7-9H2,1H3. The van der Waals surface area contributed by atoms with Crippen LogP contribution in [-0.2, 0) is 6.42 Å². The minimum absolute atomic E-state index is 0.179. The maximum absolute atomic E-state index is 13.6. The quantitative estimate of drug-likeness (QED) is 0.796. The molecule has 0 atom stereocenters. The van der Waals surface area contributed by atoms with Gasteiger partial charge in [0.05, 0.1) is 5.56 Å². The van der Waals surface area contributed by atoms with Gasteiger partial charge in [0.25, 0.3) is 0 Å². The van der Waals surface area contributed by atoms with Gasteiger partial charge in [0.2, 0.25) is 0 Å². The summed E-state index contributed by atoms with van der Waals surface area (Å²) in [6, 6.07) is 4.09. The van der Waals surface area contributed by atoms with Gasteiger partial charge in [-0.1, -0.05) is 24.3 Å². The number of benzene rings is 1. The van der Waals surface area contributed by atoms with E-state index in [1.54, 1.807) is 0 Å². The zero-order chi connectivity index (χ0) is 14.4. The summed E-state index contributed by atoms with van der Waals surface area (Å²) in [5.41, 5.74) is 0.179. The first-order valence-corrected chi connectivity index (χ1v) is 7.51. The van der Waals surface area contributed by atoms with E-state index in [0.29, 0.717) is 5.01 Å². The predicted molar refractivity (Wildman–Crippen MR) is 76.7 cm³/mol. The van der Waals surface area contributed by atoms with Gasteiger partial charge >= 0.3 is 0 Å². The zero-order valence-corrected chi connectivity index (χ0v) is 12.1. The Bertz CT molecular complexity index is 557. The van der Waals surface area contributed by atoms with Crippen LogP contribution in [0.5, 0.6) is 0 Å². The number of rotatable bonds is 7. The second-order valence-electron chi connectivity index (χ2n) is 4.46. The minimum Gasteiger partial charge on any atom is -0.317 e. The summed E-state index contributed by atoms with van der Waals surface area (Å²) in [5, 5.41) is 12.6. The van der Waals surface area contributed by atoms with E-state index in [1.165, 1.54) is 23.5 Å². The van der Waals surface area contributed by atoms with Crippen molar-refractivity contribution in [3.05, 3.63) is 34.8 Å². The molecule has 0 spiro atoms. The summed E-state index contributed by atoms with van der Waals surface area (Å²) < 4.78 is 26.8. The van der Waals surface area contributed by atoms with E-state index >= 15 is 0 Å². The Morgan fingerprint density at radius 3 is 2.85 bits per heavy atom. The lowest BCUT2D eigenvalue weighted by Gasteiger charge is -2.00. The molecule has 0 radical (unpaired) electrons. The fraction of sp³-hybridized carbons (Fsp3) is 0.429. The Kier molecular flexibility index (Phi) is 5.55. The molecule has 0 unspecified atom stereocenters. The average molecular weight is 297 g/mol. The molecule has 2 rings (SSSR count). The maximum Gasteiger partial charge on any atom is 0.169 e. The third kappa shape index (κ3) is 3.80. The monoisotopic (exact) mass is 297 g/mol. The van der Waals surface area contributed by atoms with Gasteiger partial charge in [0.15, 0.2) is 16.6 Å². The van der Waals surface area contributed by atoms with E-state index in [0.717, 1.165) is 43.4 Å². The molecule has 1 aromatic carbocycles. The molecule has 0 aliphatic carbocycles. The minimum atomic E-state index is -0.861. The fourth-order valence-electron chi connectivity index (χ4n) is 1.80. The fourth-order valence-corrected chi connectivity index (χ4v) is 2.70. The molecule has 6 heteroatoms. The maximum atomic E-state index is 13.6. The lowest BCUT2D eigenvalue weighted by Crippen LogP contribution is -2.16. The number of hydrogen-bond acceptors (Lipinski definition) is 4. The van der Waals surface area contributed by atoms with Crippen molar-refractivity contribution < 1.29 is 8.78 Å². The molecule has 0 fully saturated rings. The van der Waals surface area contributed by atoms with Crippen LogP contribution < -0.4 is 5.32 Å². The predicted octanol–water partition coefficient (Wildman–Crippen LogP) is 3.42. The number of nitrogens with one attached hydrogen (secondary N) is 1. The highest BCUT2D eigenvalue weighted by Gasteiger charge is 2.14. The normalized spacial score (nSPS) is 10.9. The number of aromatic nitrogens is 2. The average Bonchev–Trinajstić information content (AvgIpc) is 2.90. The second kappa shape index (κ2) is 7.40. The number of hydrogen-bond donors (Lipinski definition) is 1. The Morgan fingerprint density at radius 2 is 2.05 bits per heavy atom. The molecule has 0 aliphatic heterocycles. The van der Waals surface area contributed by atoms with Crippen LogP contribution in [0.4, 0.5) is 8.78 Å². The molecule has 0 saturated heterocycles. The first-order chi connectivity index (χ1) is 9.72. The van der Waals surface area contributed by atoms with E-state index in [-0.39, 0.29) is 5.56 Å². The molecule has 0 bridgehead atoms. The van der Waals surface area contributed by atoms with Gasteiger partial charge in [0, 0.05) is 6.42 Å². The lowest BCUT2D eigenvalue weighted by molar-refractivity contribution is 0.511. The van der Waals surface area contributed by atoms with Crippen molar-refractivity contribution >= 4 is 11.3 Å². The largest absolute Gasteiger partial charge is 0.317 e. The highest BCUT2D eigenvalue weighted by atomic mass is 32.1. The van der Waals surface area contributed by atoms with E-state index < -0.39 is 11.6 Å². The first-order valence-electron chi connectivity index (χ1n) is 6.70. The van der Waals surface area contributed by atoms with Crippen molar-refractivity contribution in [2.75, 3.05) is 13.1 Å². The number of nitrogens with zero attached hydrogens (tertiary/aromatic N) is 2. The van der Waals surface area contributed by atoms with Gasteiger partial charge in [0.1, 0.15) is 5.01 Å². The second-order valence-corrected chi connectivity index (χ2v) is 5.52. The first kappa shape index (κ1) is 15.0. The molecule has 2 aromatic rings. The Hall–Kier alpha value is -1.40. The molecule has 0 saturated carbocycles. The topological polar surface area (TPSA) is 37.8 Å². The van der Waals surface area contributed by atoms with Crippen molar-refractivity contribution in [2.45, 2.75) is 26.2 Å². The Morgan fingerprint density at radius 1 is 1.20 bits per heavy atom. The molecule has 1 N–H and O–H groups in total. The van der Waals surface area contributed by atoms with Gasteiger partial charge in [-0.2, -0.15) is 0 Å². The van der Waals surface area contributed by atoms with Crippen molar-refractivity contribution in [2.24, 2.45) is 0 Å². The van der Waals surface area contributed by atoms with Crippen molar-refractivity contribution in [3.63, 3.8) is 0 Å². The molecule has 0 amide bonds. The van der Waals surface area contributed by atoms with E-state index in [2.05, 4.69) is 22.4 Å². The summed E-state index contributed by atoms with van der Waals surface area (Å²) in [5.74, 6) is -1.72. The summed E-state index contributed by atoms with van der Waals surface area (Å²) >= 11 is 1.32. The van der Waals surface area contributed by atoms with Crippen molar-refractivity contribution in [1.29, 1.82) is 0 Å². The Balaban J connectivity index is 1.97.